The molecule has 0 atom stereocenters. The number of hydrogen-bond donors (Lipinski definition) is 3. The van der Waals surface area contributed by atoms with E-state index in [0.717, 1.165) is 5.56 Å². The van der Waals surface area contributed by atoms with Crippen LogP contribution in [0.2, 0.25) is 5.02 Å². The average Bonchev–Trinajstić information content (AvgIpc) is 2.65. The summed E-state index contributed by atoms with van der Waals surface area (Å²) in [5.74, 6) is -1.47. The molecule has 2 aromatic carbocycles. The van der Waals surface area contributed by atoms with Crippen molar-refractivity contribution >= 4 is 45.6 Å². The molecule has 0 saturated heterocycles. The molecule has 0 radical (unpaired) electrons. The van der Waals surface area contributed by atoms with E-state index in [0.29, 0.717) is 21.7 Å². The molecule has 7 nitrogen and oxygen atoms in total. The van der Waals surface area contributed by atoms with Gasteiger partial charge in [0.2, 0.25) is 0 Å². The topological polar surface area (TPSA) is 100 Å². The zero-order valence-electron chi connectivity index (χ0n) is 14.3. The van der Waals surface area contributed by atoms with Gasteiger partial charge in [-0.25, -0.2) is 5.43 Å². The van der Waals surface area contributed by atoms with Gasteiger partial charge in [-0.15, -0.1) is 0 Å². The first-order chi connectivity index (χ1) is 12.9. The number of benzene rings is 2. The summed E-state index contributed by atoms with van der Waals surface area (Å²) in [5, 5.41) is 16.7. The number of phenolic OH excluding ortho intramolecular Hbond substituents is 1. The van der Waals surface area contributed by atoms with E-state index >= 15 is 0 Å². The van der Waals surface area contributed by atoms with Gasteiger partial charge in [-0.05, 0) is 58.2 Å². The van der Waals surface area contributed by atoms with Crippen molar-refractivity contribution in [2.24, 2.45) is 5.10 Å². The van der Waals surface area contributed by atoms with Gasteiger partial charge in [0.25, 0.3) is 0 Å². The van der Waals surface area contributed by atoms with E-state index in [9.17, 15) is 14.7 Å². The molecule has 0 bridgehead atoms. The third kappa shape index (κ3) is 6.26. The lowest BCUT2D eigenvalue weighted by Crippen LogP contribution is -2.37. The van der Waals surface area contributed by atoms with E-state index < -0.39 is 11.8 Å². The highest BCUT2D eigenvalue weighted by atomic mass is 79.9. The van der Waals surface area contributed by atoms with Gasteiger partial charge in [-0.3, -0.25) is 9.59 Å². The summed E-state index contributed by atoms with van der Waals surface area (Å²) in [6, 6.07) is 10.0. The van der Waals surface area contributed by atoms with Crippen molar-refractivity contribution in [1.29, 1.82) is 0 Å². The Morgan fingerprint density at radius 2 is 1.96 bits per heavy atom. The molecule has 9 heteroatoms. The van der Waals surface area contributed by atoms with E-state index in [1.807, 2.05) is 0 Å². The molecule has 0 aliphatic heterocycles. The number of rotatable bonds is 6. The lowest BCUT2D eigenvalue weighted by Gasteiger charge is -2.08. The zero-order valence-corrected chi connectivity index (χ0v) is 16.7. The van der Waals surface area contributed by atoms with Crippen LogP contribution >= 0.6 is 27.5 Å². The second-order valence-electron chi connectivity index (χ2n) is 5.29. The first-order valence-electron chi connectivity index (χ1n) is 7.91. The highest BCUT2D eigenvalue weighted by molar-refractivity contribution is 9.10. The SMILES string of the molecule is CCOc1cc(/C=N\NC(=O)C(=O)NCc2ccc(Cl)cc2)cc(Br)c1O. The molecule has 27 heavy (non-hydrogen) atoms. The molecule has 0 saturated carbocycles. The lowest BCUT2D eigenvalue weighted by atomic mass is 10.2. The number of hydrogen-bond acceptors (Lipinski definition) is 5. The van der Waals surface area contributed by atoms with E-state index in [1.54, 1.807) is 43.3 Å². The molecule has 142 valence electrons. The number of halogens is 2. The van der Waals surface area contributed by atoms with Gasteiger partial charge in [0, 0.05) is 11.6 Å². The van der Waals surface area contributed by atoms with Crippen molar-refractivity contribution in [3.05, 3.63) is 57.0 Å². The number of carbonyl (C=O) groups is 2. The van der Waals surface area contributed by atoms with Gasteiger partial charge in [-0.2, -0.15) is 5.10 Å². The number of phenols is 1. The van der Waals surface area contributed by atoms with Crippen molar-refractivity contribution in [2.75, 3.05) is 6.61 Å². The van der Waals surface area contributed by atoms with Gasteiger partial charge in [0.15, 0.2) is 11.5 Å². The second kappa shape index (κ2) is 9.94. The largest absolute Gasteiger partial charge is 0.503 e. The summed E-state index contributed by atoms with van der Waals surface area (Å²) >= 11 is 8.99. The van der Waals surface area contributed by atoms with Crippen molar-refractivity contribution in [2.45, 2.75) is 13.5 Å². The van der Waals surface area contributed by atoms with Gasteiger partial charge < -0.3 is 15.2 Å². The number of aromatic hydroxyl groups is 1. The Bertz CT molecular complexity index is 856. The molecule has 3 N–H and O–H groups in total. The molecular weight excluding hydrogens is 438 g/mol. The van der Waals surface area contributed by atoms with Crippen LogP contribution in [-0.4, -0.2) is 29.7 Å². The Hall–Kier alpha value is -2.58. The normalized spacial score (nSPS) is 10.6. The zero-order chi connectivity index (χ0) is 19.8. The van der Waals surface area contributed by atoms with Crippen molar-refractivity contribution in [3.63, 3.8) is 0 Å². The van der Waals surface area contributed by atoms with Crippen LogP contribution in [0.5, 0.6) is 11.5 Å². The minimum atomic E-state index is -0.900. The van der Waals surface area contributed by atoms with Gasteiger partial charge in [-0.1, -0.05) is 23.7 Å². The molecule has 0 aliphatic carbocycles. The molecule has 0 aliphatic rings. The summed E-state index contributed by atoms with van der Waals surface area (Å²) in [6.07, 6.45) is 1.33. The Morgan fingerprint density at radius 1 is 1.26 bits per heavy atom. The average molecular weight is 455 g/mol. The fourth-order valence-electron chi connectivity index (χ4n) is 2.01. The van der Waals surface area contributed by atoms with Crippen LogP contribution < -0.4 is 15.5 Å². The molecule has 0 spiro atoms. The number of amides is 2. The third-order valence-electron chi connectivity index (χ3n) is 3.30. The van der Waals surface area contributed by atoms with Gasteiger partial charge >= 0.3 is 11.8 Å². The van der Waals surface area contributed by atoms with Crippen LogP contribution in [-0.2, 0) is 16.1 Å². The Balaban J connectivity index is 1.90. The van der Waals surface area contributed by atoms with E-state index in [1.165, 1.54) is 6.21 Å². The number of nitrogens with one attached hydrogen (secondary N) is 2. The maximum atomic E-state index is 11.8. The highest BCUT2D eigenvalue weighted by Crippen LogP contribution is 2.34. The van der Waals surface area contributed by atoms with Crippen LogP contribution in [0, 0.1) is 0 Å². The summed E-state index contributed by atoms with van der Waals surface area (Å²) in [6.45, 7) is 2.36. The molecule has 0 heterocycles. The van der Waals surface area contributed by atoms with Crippen molar-refractivity contribution < 1.29 is 19.4 Å². The molecule has 0 fully saturated rings. The summed E-state index contributed by atoms with van der Waals surface area (Å²) in [4.78, 5) is 23.5. The van der Waals surface area contributed by atoms with E-state index in [4.69, 9.17) is 16.3 Å². The monoisotopic (exact) mass is 453 g/mol. The summed E-state index contributed by atoms with van der Waals surface area (Å²) < 4.78 is 5.72. The Labute approximate surface area is 169 Å². The number of ether oxygens (including phenoxy) is 1. The summed E-state index contributed by atoms with van der Waals surface area (Å²) in [7, 11) is 0. The van der Waals surface area contributed by atoms with Gasteiger partial charge in [0.1, 0.15) is 0 Å². The minimum Gasteiger partial charge on any atom is -0.503 e. The van der Waals surface area contributed by atoms with Crippen LogP contribution in [0.3, 0.4) is 0 Å². The molecular formula is C18H17BrClN3O4. The number of hydrazone groups is 1. The van der Waals surface area contributed by atoms with Crippen LogP contribution in [0.1, 0.15) is 18.1 Å². The maximum absolute atomic E-state index is 11.8. The molecule has 2 rings (SSSR count). The van der Waals surface area contributed by atoms with Crippen LogP contribution in [0.4, 0.5) is 0 Å². The first kappa shape index (κ1) is 20.7. The molecule has 2 aromatic rings. The first-order valence-corrected chi connectivity index (χ1v) is 9.08. The maximum Gasteiger partial charge on any atom is 0.329 e. The van der Waals surface area contributed by atoms with E-state index in [2.05, 4.69) is 31.8 Å². The number of nitrogens with zero attached hydrogens (tertiary/aromatic N) is 1. The quantitative estimate of drug-likeness (QED) is 0.355. The minimum absolute atomic E-state index is 0.0281. The predicted molar refractivity (Wildman–Crippen MR) is 106 cm³/mol. The molecule has 2 amide bonds. The number of carbonyl (C=O) groups excluding carboxylic acids is 2. The fraction of sp³-hybridized carbons (Fsp3) is 0.167. The summed E-state index contributed by atoms with van der Waals surface area (Å²) in [5.41, 5.74) is 3.51. The standard InChI is InChI=1S/C18H17BrClN3O4/c1-2-27-15-8-12(7-14(19)16(15)24)10-22-23-18(26)17(25)21-9-11-3-5-13(20)6-4-11/h3-8,10,24H,2,9H2,1H3,(H,21,25)(H,23,26)/b22-10-. The molecule has 0 aromatic heterocycles. The smallest absolute Gasteiger partial charge is 0.329 e. The van der Waals surface area contributed by atoms with Gasteiger partial charge in [0.05, 0.1) is 17.3 Å². The predicted octanol–water partition coefficient (Wildman–Crippen LogP) is 2.97. The van der Waals surface area contributed by atoms with Crippen LogP contribution in [0.25, 0.3) is 0 Å². The van der Waals surface area contributed by atoms with E-state index in [-0.39, 0.29) is 18.0 Å². The lowest BCUT2D eigenvalue weighted by molar-refractivity contribution is -0.139. The van der Waals surface area contributed by atoms with Crippen molar-refractivity contribution in [3.8, 4) is 11.5 Å². The van der Waals surface area contributed by atoms with Crippen molar-refractivity contribution in [1.82, 2.24) is 10.7 Å². The Morgan fingerprint density at radius 3 is 2.63 bits per heavy atom. The third-order valence-corrected chi connectivity index (χ3v) is 4.16. The fourth-order valence-corrected chi connectivity index (χ4v) is 2.60. The van der Waals surface area contributed by atoms with Crippen LogP contribution in [0.15, 0.2) is 46.0 Å². The molecule has 0 unspecified atom stereocenters. The Kier molecular flexibility index (Phi) is 7.63. The highest BCUT2D eigenvalue weighted by Gasteiger charge is 2.12. The second-order valence-corrected chi connectivity index (χ2v) is 6.58.